The summed E-state index contributed by atoms with van der Waals surface area (Å²) in [6.45, 7) is 0.545. The molecular weight excluding hydrogens is 258 g/mol. The number of rotatable bonds is 9. The van der Waals surface area contributed by atoms with Crippen LogP contribution in [0.25, 0.3) is 6.08 Å². The first-order valence-corrected chi connectivity index (χ1v) is 6.46. The fraction of sp³-hybridized carbons (Fsp3) is 0.333. The molecular formula is C15H19NO4. The number of carbonyl (C=O) groups is 2. The Bertz CT molecular complexity index is 456. The van der Waals surface area contributed by atoms with Crippen LogP contribution in [0.1, 0.15) is 18.4 Å². The summed E-state index contributed by atoms with van der Waals surface area (Å²) >= 11 is 0. The summed E-state index contributed by atoms with van der Waals surface area (Å²) in [5, 5.41) is 20.4. The van der Waals surface area contributed by atoms with E-state index in [1.165, 1.54) is 0 Å². The first-order chi connectivity index (χ1) is 9.59. The zero-order valence-electron chi connectivity index (χ0n) is 11.2. The maximum absolute atomic E-state index is 11.1. The molecule has 108 valence electrons. The Kier molecular flexibility index (Phi) is 7.06. The molecule has 0 heterocycles. The van der Waals surface area contributed by atoms with Gasteiger partial charge in [0.15, 0.2) is 0 Å². The van der Waals surface area contributed by atoms with Gasteiger partial charge in [0.2, 0.25) is 0 Å². The number of benzene rings is 1. The molecule has 0 spiro atoms. The van der Waals surface area contributed by atoms with Gasteiger partial charge in [0.25, 0.3) is 0 Å². The normalized spacial score (nSPS) is 12.4. The molecule has 0 radical (unpaired) electrons. The molecule has 0 bridgehead atoms. The number of aliphatic carboxylic acids is 2. The van der Waals surface area contributed by atoms with Gasteiger partial charge in [-0.15, -0.1) is 0 Å². The molecule has 0 aliphatic carbocycles. The minimum Gasteiger partial charge on any atom is -0.481 e. The minimum absolute atomic E-state index is 0.00774. The standard InChI is InChI=1S/C15H19NO4/c17-14(18)9-10-16-11-13(15(19)20)8-4-7-12-5-2-1-3-6-12/h1-7,13,16H,8-11H2,(H,17,18)(H,19,20). The average Bonchev–Trinajstić information content (AvgIpc) is 2.42. The topological polar surface area (TPSA) is 86.6 Å². The van der Waals surface area contributed by atoms with Gasteiger partial charge >= 0.3 is 11.9 Å². The van der Waals surface area contributed by atoms with Gasteiger partial charge in [-0.3, -0.25) is 9.59 Å². The third-order valence-corrected chi connectivity index (χ3v) is 2.79. The predicted octanol–water partition coefficient (Wildman–Crippen LogP) is 1.85. The lowest BCUT2D eigenvalue weighted by Crippen LogP contribution is -2.29. The quantitative estimate of drug-likeness (QED) is 0.600. The van der Waals surface area contributed by atoms with Gasteiger partial charge in [0.1, 0.15) is 0 Å². The van der Waals surface area contributed by atoms with Crippen molar-refractivity contribution in [3.8, 4) is 0 Å². The molecule has 0 aromatic heterocycles. The summed E-state index contributed by atoms with van der Waals surface area (Å²) in [5.41, 5.74) is 1.02. The summed E-state index contributed by atoms with van der Waals surface area (Å²) in [5.74, 6) is -2.33. The van der Waals surface area contributed by atoms with Crippen molar-refractivity contribution in [1.29, 1.82) is 0 Å². The van der Waals surface area contributed by atoms with E-state index in [4.69, 9.17) is 10.2 Å². The highest BCUT2D eigenvalue weighted by Crippen LogP contribution is 2.07. The summed E-state index contributed by atoms with van der Waals surface area (Å²) in [7, 11) is 0. The van der Waals surface area contributed by atoms with Gasteiger partial charge in [0, 0.05) is 13.1 Å². The fourth-order valence-electron chi connectivity index (χ4n) is 1.68. The van der Waals surface area contributed by atoms with Crippen LogP contribution in [-0.2, 0) is 9.59 Å². The van der Waals surface area contributed by atoms with Crippen LogP contribution in [0.5, 0.6) is 0 Å². The Morgan fingerprint density at radius 3 is 2.50 bits per heavy atom. The fourth-order valence-corrected chi connectivity index (χ4v) is 1.68. The molecule has 0 saturated carbocycles. The van der Waals surface area contributed by atoms with Crippen LogP contribution >= 0.6 is 0 Å². The Morgan fingerprint density at radius 2 is 1.90 bits per heavy atom. The Hall–Kier alpha value is -2.14. The molecule has 0 fully saturated rings. The Labute approximate surface area is 117 Å². The third-order valence-electron chi connectivity index (χ3n) is 2.79. The molecule has 1 atom stereocenters. The van der Waals surface area contributed by atoms with Crippen molar-refractivity contribution in [2.24, 2.45) is 5.92 Å². The SMILES string of the molecule is O=C(O)CCNCC(CC=Cc1ccccc1)C(=O)O. The molecule has 0 amide bonds. The van der Waals surface area contributed by atoms with Crippen molar-refractivity contribution < 1.29 is 19.8 Å². The first kappa shape index (κ1) is 15.9. The zero-order chi connectivity index (χ0) is 14.8. The van der Waals surface area contributed by atoms with Crippen LogP contribution in [0, 0.1) is 5.92 Å². The van der Waals surface area contributed by atoms with E-state index < -0.39 is 17.9 Å². The monoisotopic (exact) mass is 277 g/mol. The second-order valence-corrected chi connectivity index (χ2v) is 4.43. The van der Waals surface area contributed by atoms with Crippen LogP contribution < -0.4 is 5.32 Å². The highest BCUT2D eigenvalue weighted by molar-refractivity contribution is 5.70. The second kappa shape index (κ2) is 8.87. The van der Waals surface area contributed by atoms with E-state index in [1.807, 2.05) is 42.5 Å². The van der Waals surface area contributed by atoms with Crippen LogP contribution in [-0.4, -0.2) is 35.2 Å². The number of carboxylic acids is 2. The van der Waals surface area contributed by atoms with E-state index in [-0.39, 0.29) is 19.5 Å². The number of carboxylic acid groups (broad SMARTS) is 2. The van der Waals surface area contributed by atoms with E-state index in [0.717, 1.165) is 5.56 Å². The van der Waals surface area contributed by atoms with Crippen LogP contribution in [0.15, 0.2) is 36.4 Å². The van der Waals surface area contributed by atoms with E-state index in [9.17, 15) is 9.59 Å². The van der Waals surface area contributed by atoms with Gasteiger partial charge < -0.3 is 15.5 Å². The largest absolute Gasteiger partial charge is 0.481 e. The van der Waals surface area contributed by atoms with E-state index >= 15 is 0 Å². The summed E-state index contributed by atoms with van der Waals surface area (Å²) in [6.07, 6.45) is 4.11. The van der Waals surface area contributed by atoms with Gasteiger partial charge in [-0.2, -0.15) is 0 Å². The zero-order valence-corrected chi connectivity index (χ0v) is 11.2. The van der Waals surface area contributed by atoms with Crippen molar-refractivity contribution in [3.05, 3.63) is 42.0 Å². The average molecular weight is 277 g/mol. The summed E-state index contributed by atoms with van der Waals surface area (Å²) < 4.78 is 0. The number of hydrogen-bond donors (Lipinski definition) is 3. The van der Waals surface area contributed by atoms with Gasteiger partial charge in [-0.25, -0.2) is 0 Å². The van der Waals surface area contributed by atoms with Gasteiger partial charge in [-0.1, -0.05) is 42.5 Å². The van der Waals surface area contributed by atoms with Crippen molar-refractivity contribution >= 4 is 18.0 Å². The molecule has 20 heavy (non-hydrogen) atoms. The maximum atomic E-state index is 11.1. The Morgan fingerprint density at radius 1 is 1.20 bits per heavy atom. The number of allylic oxidation sites excluding steroid dienone is 1. The van der Waals surface area contributed by atoms with Crippen LogP contribution in [0.4, 0.5) is 0 Å². The lowest BCUT2D eigenvalue weighted by Gasteiger charge is -2.10. The molecule has 5 nitrogen and oxygen atoms in total. The van der Waals surface area contributed by atoms with Crippen molar-refractivity contribution in [3.63, 3.8) is 0 Å². The van der Waals surface area contributed by atoms with Crippen molar-refractivity contribution in [1.82, 2.24) is 5.32 Å². The summed E-state index contributed by atoms with van der Waals surface area (Å²) in [6, 6.07) is 9.64. The highest BCUT2D eigenvalue weighted by Gasteiger charge is 2.15. The predicted molar refractivity (Wildman–Crippen MR) is 76.3 cm³/mol. The summed E-state index contributed by atoms with van der Waals surface area (Å²) in [4.78, 5) is 21.4. The molecule has 0 aliphatic heterocycles. The molecule has 1 unspecified atom stereocenters. The Balaban J connectivity index is 2.37. The smallest absolute Gasteiger partial charge is 0.308 e. The minimum atomic E-state index is -0.895. The molecule has 1 rings (SSSR count). The number of hydrogen-bond acceptors (Lipinski definition) is 3. The van der Waals surface area contributed by atoms with Crippen molar-refractivity contribution in [2.45, 2.75) is 12.8 Å². The lowest BCUT2D eigenvalue weighted by atomic mass is 10.0. The molecule has 1 aromatic carbocycles. The van der Waals surface area contributed by atoms with Gasteiger partial charge in [-0.05, 0) is 12.0 Å². The van der Waals surface area contributed by atoms with Crippen LogP contribution in [0.2, 0.25) is 0 Å². The molecule has 5 heteroatoms. The second-order valence-electron chi connectivity index (χ2n) is 4.43. The molecule has 0 aliphatic rings. The first-order valence-electron chi connectivity index (χ1n) is 6.46. The molecule has 0 saturated heterocycles. The maximum Gasteiger partial charge on any atom is 0.308 e. The molecule has 3 N–H and O–H groups in total. The van der Waals surface area contributed by atoms with E-state index in [0.29, 0.717) is 6.42 Å². The van der Waals surface area contributed by atoms with E-state index in [1.54, 1.807) is 0 Å². The lowest BCUT2D eigenvalue weighted by molar-refractivity contribution is -0.141. The molecule has 1 aromatic rings. The highest BCUT2D eigenvalue weighted by atomic mass is 16.4. The van der Waals surface area contributed by atoms with Gasteiger partial charge in [0.05, 0.1) is 12.3 Å². The third kappa shape index (κ3) is 6.70. The number of nitrogens with one attached hydrogen (secondary N) is 1. The van der Waals surface area contributed by atoms with Crippen LogP contribution in [0.3, 0.4) is 0 Å². The van der Waals surface area contributed by atoms with E-state index in [2.05, 4.69) is 5.32 Å². The van der Waals surface area contributed by atoms with Crippen molar-refractivity contribution in [2.75, 3.05) is 13.1 Å².